The van der Waals surface area contributed by atoms with Gasteiger partial charge in [-0.2, -0.15) is 0 Å². The molecule has 0 heteroatoms. The predicted molar refractivity (Wildman–Crippen MR) is 135 cm³/mol. The average molecular weight is 410 g/mol. The van der Waals surface area contributed by atoms with Crippen LogP contribution in [0.15, 0.2) is 133 Å². The largest absolute Gasteiger partial charge is 0.0644 e. The second-order valence-corrected chi connectivity index (χ2v) is 8.01. The normalized spacial score (nSPS) is 10.9. The van der Waals surface area contributed by atoms with E-state index in [2.05, 4.69) is 140 Å². The molecule has 0 aliphatic carbocycles. The molecule has 0 fully saturated rings. The lowest BCUT2D eigenvalue weighted by Gasteiger charge is -2.25. The van der Waals surface area contributed by atoms with Crippen LogP contribution >= 0.6 is 0 Å². The van der Waals surface area contributed by atoms with Gasteiger partial charge in [-0.1, -0.05) is 133 Å². The van der Waals surface area contributed by atoms with E-state index in [1.807, 2.05) is 0 Å². The highest BCUT2D eigenvalue weighted by atomic mass is 14.3. The van der Waals surface area contributed by atoms with Gasteiger partial charge in [0.2, 0.25) is 0 Å². The lowest BCUT2D eigenvalue weighted by molar-refractivity contribution is 1.20. The molecular formula is C32H25. The smallest absolute Gasteiger partial charge is 0.0622 e. The van der Waals surface area contributed by atoms with Gasteiger partial charge in [-0.15, -0.1) is 0 Å². The molecule has 0 heterocycles. The molecule has 0 amide bonds. The Kier molecular flexibility index (Phi) is 5.68. The van der Waals surface area contributed by atoms with Crippen LogP contribution in [0.1, 0.15) is 22.3 Å². The van der Waals surface area contributed by atoms with Gasteiger partial charge in [-0.3, -0.25) is 0 Å². The Bertz CT molecular complexity index is 1230. The van der Waals surface area contributed by atoms with Gasteiger partial charge in [0.05, 0.1) is 5.92 Å². The van der Waals surface area contributed by atoms with Crippen molar-refractivity contribution in [2.45, 2.75) is 6.92 Å². The molecule has 0 N–H and O–H groups in total. The number of hydrogen-bond donors (Lipinski definition) is 0. The Hall–Kier alpha value is -3.90. The Morgan fingerprint density at radius 2 is 0.750 bits per heavy atom. The van der Waals surface area contributed by atoms with Gasteiger partial charge in [0.15, 0.2) is 0 Å². The minimum Gasteiger partial charge on any atom is -0.0622 e. The van der Waals surface area contributed by atoms with Crippen LogP contribution in [0.4, 0.5) is 0 Å². The fourth-order valence-electron chi connectivity index (χ4n) is 4.43. The van der Waals surface area contributed by atoms with Gasteiger partial charge in [-0.05, 0) is 51.4 Å². The zero-order valence-electron chi connectivity index (χ0n) is 18.2. The molecule has 1 radical (unpaired) electrons. The summed E-state index contributed by atoms with van der Waals surface area (Å²) >= 11 is 0. The summed E-state index contributed by atoms with van der Waals surface area (Å²) in [5, 5.41) is 0. The molecule has 0 bridgehead atoms. The van der Waals surface area contributed by atoms with Crippen molar-refractivity contribution in [1.82, 2.24) is 0 Å². The minimum atomic E-state index is 1.23. The summed E-state index contributed by atoms with van der Waals surface area (Å²) in [6.45, 7) is 2.20. The van der Waals surface area contributed by atoms with E-state index in [4.69, 9.17) is 0 Å². The first-order valence-electron chi connectivity index (χ1n) is 11.1. The molecule has 32 heavy (non-hydrogen) atoms. The van der Waals surface area contributed by atoms with Crippen LogP contribution in [0.5, 0.6) is 0 Å². The molecule has 0 spiro atoms. The summed E-state index contributed by atoms with van der Waals surface area (Å²) in [5.41, 5.74) is 9.97. The van der Waals surface area contributed by atoms with E-state index in [-0.39, 0.29) is 0 Å². The summed E-state index contributed by atoms with van der Waals surface area (Å²) in [5.74, 6) is 1.27. The molecule has 0 aromatic heterocycles. The molecule has 0 atom stereocenters. The number of rotatable bonds is 5. The van der Waals surface area contributed by atoms with Crippen molar-refractivity contribution in [2.75, 3.05) is 0 Å². The molecule has 5 rings (SSSR count). The van der Waals surface area contributed by atoms with E-state index < -0.39 is 0 Å². The van der Waals surface area contributed by atoms with Crippen LogP contribution in [-0.4, -0.2) is 0 Å². The van der Waals surface area contributed by atoms with Crippen molar-refractivity contribution in [3.05, 3.63) is 162 Å². The van der Waals surface area contributed by atoms with Crippen molar-refractivity contribution >= 4 is 0 Å². The third-order valence-corrected chi connectivity index (χ3v) is 5.98. The SMILES string of the molecule is Cc1ccccc1[C](c1ccccc1-c1ccccc1)c1ccccc1-c1ccccc1. The summed E-state index contributed by atoms with van der Waals surface area (Å²) in [7, 11) is 0. The first-order valence-corrected chi connectivity index (χ1v) is 11.1. The van der Waals surface area contributed by atoms with Crippen LogP contribution in [0, 0.1) is 12.8 Å². The topological polar surface area (TPSA) is 0 Å². The summed E-state index contributed by atoms with van der Waals surface area (Å²) in [4.78, 5) is 0. The van der Waals surface area contributed by atoms with Crippen LogP contribution < -0.4 is 0 Å². The lowest BCUT2D eigenvalue weighted by atomic mass is 9.77. The minimum absolute atomic E-state index is 1.23. The Balaban J connectivity index is 1.80. The first-order chi connectivity index (χ1) is 15.8. The molecule has 0 aliphatic rings. The zero-order valence-corrected chi connectivity index (χ0v) is 18.2. The Morgan fingerprint density at radius 1 is 0.375 bits per heavy atom. The van der Waals surface area contributed by atoms with Crippen molar-refractivity contribution in [1.29, 1.82) is 0 Å². The molecule has 0 aliphatic heterocycles. The van der Waals surface area contributed by atoms with Gasteiger partial charge < -0.3 is 0 Å². The highest BCUT2D eigenvalue weighted by Gasteiger charge is 2.25. The zero-order chi connectivity index (χ0) is 21.8. The number of aryl methyl sites for hydroxylation is 1. The van der Waals surface area contributed by atoms with E-state index in [1.54, 1.807) is 0 Å². The maximum Gasteiger partial charge on any atom is 0.0644 e. The molecule has 0 nitrogen and oxygen atoms in total. The van der Waals surface area contributed by atoms with Gasteiger partial charge in [-0.25, -0.2) is 0 Å². The van der Waals surface area contributed by atoms with Crippen LogP contribution in [0.3, 0.4) is 0 Å². The molecule has 5 aromatic rings. The lowest BCUT2D eigenvalue weighted by Crippen LogP contribution is -2.09. The van der Waals surface area contributed by atoms with E-state index in [0.717, 1.165) is 0 Å². The van der Waals surface area contributed by atoms with Gasteiger partial charge >= 0.3 is 0 Å². The van der Waals surface area contributed by atoms with Gasteiger partial charge in [0.25, 0.3) is 0 Å². The van der Waals surface area contributed by atoms with E-state index in [1.165, 1.54) is 50.4 Å². The Labute approximate surface area is 190 Å². The molecule has 0 saturated heterocycles. The fourth-order valence-corrected chi connectivity index (χ4v) is 4.43. The quantitative estimate of drug-likeness (QED) is 0.256. The second-order valence-electron chi connectivity index (χ2n) is 8.01. The highest BCUT2D eigenvalue weighted by molar-refractivity contribution is 5.80. The van der Waals surface area contributed by atoms with Crippen LogP contribution in [-0.2, 0) is 0 Å². The standard InChI is InChI=1S/C32H25/c1-24-14-8-9-19-27(24)32(30-22-12-10-20-28(30)25-15-4-2-5-16-25)31-23-13-11-21-29(31)26-17-6-3-7-18-26/h2-23H,1H3. The third-order valence-electron chi connectivity index (χ3n) is 5.98. The highest BCUT2D eigenvalue weighted by Crippen LogP contribution is 2.41. The first kappa shape index (κ1) is 20.0. The predicted octanol–water partition coefficient (Wildman–Crippen LogP) is 8.35. The number of hydrogen-bond acceptors (Lipinski definition) is 0. The fraction of sp³-hybridized carbons (Fsp3) is 0.0312. The molecule has 153 valence electrons. The van der Waals surface area contributed by atoms with Crippen molar-refractivity contribution in [3.63, 3.8) is 0 Å². The van der Waals surface area contributed by atoms with Gasteiger partial charge in [0.1, 0.15) is 0 Å². The molecular weight excluding hydrogens is 384 g/mol. The third kappa shape index (κ3) is 3.88. The van der Waals surface area contributed by atoms with Crippen molar-refractivity contribution in [3.8, 4) is 22.3 Å². The summed E-state index contributed by atoms with van der Waals surface area (Å²) in [6.07, 6.45) is 0. The summed E-state index contributed by atoms with van der Waals surface area (Å²) in [6, 6.07) is 47.6. The molecule has 0 unspecified atom stereocenters. The summed E-state index contributed by atoms with van der Waals surface area (Å²) < 4.78 is 0. The van der Waals surface area contributed by atoms with Crippen molar-refractivity contribution in [2.24, 2.45) is 0 Å². The van der Waals surface area contributed by atoms with E-state index >= 15 is 0 Å². The van der Waals surface area contributed by atoms with E-state index in [9.17, 15) is 0 Å². The number of benzene rings is 5. The van der Waals surface area contributed by atoms with Crippen LogP contribution in [0.25, 0.3) is 22.3 Å². The maximum atomic E-state index is 2.26. The van der Waals surface area contributed by atoms with Crippen molar-refractivity contribution < 1.29 is 0 Å². The van der Waals surface area contributed by atoms with Crippen LogP contribution in [0.2, 0.25) is 0 Å². The Morgan fingerprint density at radius 3 is 1.22 bits per heavy atom. The maximum absolute atomic E-state index is 2.26. The molecule has 5 aromatic carbocycles. The monoisotopic (exact) mass is 409 g/mol. The van der Waals surface area contributed by atoms with E-state index in [0.29, 0.717) is 0 Å². The molecule has 0 saturated carbocycles. The second kappa shape index (κ2) is 9.08. The van der Waals surface area contributed by atoms with Gasteiger partial charge in [0, 0.05) is 0 Å². The average Bonchev–Trinajstić information content (AvgIpc) is 2.87.